The fourth-order valence-electron chi connectivity index (χ4n) is 4.47. The molecule has 0 amide bonds. The maximum absolute atomic E-state index is 3.60. The van der Waals surface area contributed by atoms with Crippen molar-refractivity contribution in [2.75, 3.05) is 0 Å². The Hall–Kier alpha value is -3.58. The first-order chi connectivity index (χ1) is 15.7. The van der Waals surface area contributed by atoms with Crippen molar-refractivity contribution >= 4 is 11.1 Å². The fraction of sp³-hybridized carbons (Fsp3) is 0.161. The van der Waals surface area contributed by atoms with Crippen LogP contribution in [0.15, 0.2) is 97.1 Å². The molecule has 1 N–H and O–H groups in total. The van der Waals surface area contributed by atoms with Gasteiger partial charge in [-0.25, -0.2) is 0 Å². The SMILES string of the molecule is CCc1cccc(C2=CC=C(c3ccc(-c4ccc(-c5cccc(CC)c5)[nH]4)cc3)C2)c1. The fourth-order valence-corrected chi connectivity index (χ4v) is 4.47. The third-order valence-electron chi connectivity index (χ3n) is 6.47. The van der Waals surface area contributed by atoms with Gasteiger partial charge in [0.25, 0.3) is 0 Å². The Labute approximate surface area is 191 Å². The molecule has 32 heavy (non-hydrogen) atoms. The van der Waals surface area contributed by atoms with Crippen molar-refractivity contribution in [3.63, 3.8) is 0 Å². The topological polar surface area (TPSA) is 15.8 Å². The summed E-state index contributed by atoms with van der Waals surface area (Å²) in [6, 6.07) is 31.0. The second-order valence-corrected chi connectivity index (χ2v) is 8.53. The molecule has 4 aromatic rings. The molecule has 0 bridgehead atoms. The van der Waals surface area contributed by atoms with Crippen molar-refractivity contribution in [1.82, 2.24) is 4.98 Å². The van der Waals surface area contributed by atoms with Gasteiger partial charge < -0.3 is 4.98 Å². The van der Waals surface area contributed by atoms with Gasteiger partial charge in [-0.05, 0) is 82.0 Å². The molecule has 0 unspecified atom stereocenters. The van der Waals surface area contributed by atoms with Crippen molar-refractivity contribution in [2.45, 2.75) is 33.1 Å². The average Bonchev–Trinajstić information content (AvgIpc) is 3.55. The highest BCUT2D eigenvalue weighted by molar-refractivity contribution is 5.87. The summed E-state index contributed by atoms with van der Waals surface area (Å²) in [4.78, 5) is 3.60. The van der Waals surface area contributed by atoms with Crippen LogP contribution < -0.4 is 0 Å². The molecule has 1 aliphatic carbocycles. The minimum Gasteiger partial charge on any atom is -0.355 e. The van der Waals surface area contributed by atoms with Crippen LogP contribution >= 0.6 is 0 Å². The van der Waals surface area contributed by atoms with E-state index in [9.17, 15) is 0 Å². The normalized spacial score (nSPS) is 13.2. The molecule has 0 saturated heterocycles. The van der Waals surface area contributed by atoms with E-state index in [2.05, 4.69) is 116 Å². The number of aryl methyl sites for hydroxylation is 2. The summed E-state index contributed by atoms with van der Waals surface area (Å²) in [7, 11) is 0. The zero-order valence-electron chi connectivity index (χ0n) is 18.9. The number of nitrogens with one attached hydrogen (secondary N) is 1. The molecule has 1 aliphatic rings. The zero-order chi connectivity index (χ0) is 21.9. The lowest BCUT2D eigenvalue weighted by atomic mass is 9.96. The smallest absolute Gasteiger partial charge is 0.0458 e. The van der Waals surface area contributed by atoms with E-state index in [0.717, 1.165) is 25.0 Å². The Morgan fingerprint density at radius 1 is 0.562 bits per heavy atom. The summed E-state index contributed by atoms with van der Waals surface area (Å²) in [5, 5.41) is 0. The Bertz CT molecular complexity index is 1300. The van der Waals surface area contributed by atoms with Crippen LogP contribution in [-0.4, -0.2) is 4.98 Å². The molecule has 1 heteroatoms. The summed E-state index contributed by atoms with van der Waals surface area (Å²) in [5.74, 6) is 0. The van der Waals surface area contributed by atoms with Gasteiger partial charge in [0, 0.05) is 11.4 Å². The molecule has 0 aliphatic heterocycles. The predicted molar refractivity (Wildman–Crippen MR) is 137 cm³/mol. The summed E-state index contributed by atoms with van der Waals surface area (Å²) in [6.07, 6.45) is 7.68. The van der Waals surface area contributed by atoms with Crippen LogP contribution in [0.25, 0.3) is 33.7 Å². The predicted octanol–water partition coefficient (Wildman–Crippen LogP) is 8.34. The van der Waals surface area contributed by atoms with E-state index in [1.54, 1.807) is 0 Å². The molecule has 3 aromatic carbocycles. The van der Waals surface area contributed by atoms with Crippen molar-refractivity contribution in [2.24, 2.45) is 0 Å². The third kappa shape index (κ3) is 4.11. The second kappa shape index (κ2) is 8.88. The van der Waals surface area contributed by atoms with Gasteiger partial charge in [-0.3, -0.25) is 0 Å². The molecule has 5 rings (SSSR count). The molecule has 0 fully saturated rings. The number of hydrogen-bond donors (Lipinski definition) is 1. The molecule has 158 valence electrons. The number of aromatic nitrogens is 1. The highest BCUT2D eigenvalue weighted by Gasteiger charge is 2.13. The molecule has 1 nitrogen and oxygen atoms in total. The third-order valence-corrected chi connectivity index (χ3v) is 6.47. The maximum atomic E-state index is 3.60. The summed E-state index contributed by atoms with van der Waals surface area (Å²) in [5.41, 5.74) is 13.0. The second-order valence-electron chi connectivity index (χ2n) is 8.53. The average molecular weight is 416 g/mol. The summed E-state index contributed by atoms with van der Waals surface area (Å²) < 4.78 is 0. The molecular weight excluding hydrogens is 386 g/mol. The van der Waals surface area contributed by atoms with E-state index in [4.69, 9.17) is 0 Å². The van der Waals surface area contributed by atoms with Gasteiger partial charge in [0.1, 0.15) is 0 Å². The van der Waals surface area contributed by atoms with E-state index in [0.29, 0.717) is 0 Å². The molecule has 0 radical (unpaired) electrons. The van der Waals surface area contributed by atoms with Gasteiger partial charge >= 0.3 is 0 Å². The summed E-state index contributed by atoms with van der Waals surface area (Å²) >= 11 is 0. The molecule has 0 spiro atoms. The number of aromatic amines is 1. The Morgan fingerprint density at radius 3 is 1.75 bits per heavy atom. The molecule has 1 aromatic heterocycles. The first-order valence-corrected chi connectivity index (χ1v) is 11.6. The van der Waals surface area contributed by atoms with Crippen LogP contribution in [0.1, 0.15) is 42.5 Å². The molecule has 1 heterocycles. The van der Waals surface area contributed by atoms with E-state index >= 15 is 0 Å². The highest BCUT2D eigenvalue weighted by atomic mass is 14.7. The molecule has 0 atom stereocenters. The highest BCUT2D eigenvalue weighted by Crippen LogP contribution is 2.35. The van der Waals surface area contributed by atoms with Crippen molar-refractivity contribution < 1.29 is 0 Å². The first kappa shape index (κ1) is 20.3. The number of hydrogen-bond acceptors (Lipinski definition) is 0. The standard InChI is InChI=1S/C31H29N/c1-3-22-7-5-9-26(19-22)28-16-15-27(21-28)24-11-13-25(14-12-24)30-17-18-31(32-30)29-10-6-8-23(4-2)20-29/h5-20,32H,3-4,21H2,1-2H3. The van der Waals surface area contributed by atoms with Crippen LogP contribution in [-0.2, 0) is 12.8 Å². The van der Waals surface area contributed by atoms with Crippen LogP contribution in [0.5, 0.6) is 0 Å². The van der Waals surface area contributed by atoms with Crippen LogP contribution in [0.2, 0.25) is 0 Å². The van der Waals surface area contributed by atoms with Crippen LogP contribution in [0, 0.1) is 0 Å². The number of rotatable bonds is 6. The molecular formula is C31H29N. The van der Waals surface area contributed by atoms with Gasteiger partial charge in [0.2, 0.25) is 0 Å². The summed E-state index contributed by atoms with van der Waals surface area (Å²) in [6.45, 7) is 4.41. The largest absolute Gasteiger partial charge is 0.355 e. The van der Waals surface area contributed by atoms with E-state index in [-0.39, 0.29) is 0 Å². The van der Waals surface area contributed by atoms with Gasteiger partial charge in [-0.2, -0.15) is 0 Å². The Kier molecular flexibility index (Phi) is 5.64. The Morgan fingerprint density at radius 2 is 1.09 bits per heavy atom. The molecule has 0 saturated carbocycles. The quantitative estimate of drug-likeness (QED) is 0.326. The minimum atomic E-state index is 0.993. The minimum absolute atomic E-state index is 0.993. The van der Waals surface area contributed by atoms with E-state index < -0.39 is 0 Å². The maximum Gasteiger partial charge on any atom is 0.0458 e. The van der Waals surface area contributed by atoms with Gasteiger partial charge in [-0.1, -0.05) is 92.7 Å². The van der Waals surface area contributed by atoms with E-state index in [1.165, 1.54) is 50.2 Å². The lowest BCUT2D eigenvalue weighted by Gasteiger charge is -2.08. The lowest BCUT2D eigenvalue weighted by Crippen LogP contribution is -1.88. The van der Waals surface area contributed by atoms with Gasteiger partial charge in [0.15, 0.2) is 0 Å². The lowest BCUT2D eigenvalue weighted by molar-refractivity contribution is 1.14. The van der Waals surface area contributed by atoms with Gasteiger partial charge in [-0.15, -0.1) is 0 Å². The number of H-pyrrole nitrogens is 1. The Balaban J connectivity index is 1.31. The van der Waals surface area contributed by atoms with Gasteiger partial charge in [0.05, 0.1) is 0 Å². The van der Waals surface area contributed by atoms with E-state index in [1.807, 2.05) is 0 Å². The first-order valence-electron chi connectivity index (χ1n) is 11.6. The monoisotopic (exact) mass is 415 g/mol. The van der Waals surface area contributed by atoms with Crippen molar-refractivity contribution in [3.05, 3.63) is 119 Å². The number of benzene rings is 3. The van der Waals surface area contributed by atoms with Crippen molar-refractivity contribution in [3.8, 4) is 22.5 Å². The van der Waals surface area contributed by atoms with Crippen LogP contribution in [0.3, 0.4) is 0 Å². The van der Waals surface area contributed by atoms with Crippen LogP contribution in [0.4, 0.5) is 0 Å². The number of allylic oxidation sites excluding steroid dienone is 4. The van der Waals surface area contributed by atoms with Crippen molar-refractivity contribution in [1.29, 1.82) is 0 Å². The zero-order valence-corrected chi connectivity index (χ0v) is 18.9.